The first-order valence-corrected chi connectivity index (χ1v) is 8.58. The summed E-state index contributed by atoms with van der Waals surface area (Å²) in [7, 11) is 0. The summed E-state index contributed by atoms with van der Waals surface area (Å²) in [6, 6.07) is 2.55. The zero-order valence-electron chi connectivity index (χ0n) is 11.9. The van der Waals surface area contributed by atoms with Crippen LogP contribution < -0.4 is 5.32 Å². The molecule has 2 aromatic rings. The maximum Gasteiger partial charge on any atom is 0.0943 e. The average Bonchev–Trinajstić information content (AvgIpc) is 2.81. The highest BCUT2D eigenvalue weighted by Crippen LogP contribution is 2.15. The summed E-state index contributed by atoms with van der Waals surface area (Å²) in [5.41, 5.74) is 2.37. The van der Waals surface area contributed by atoms with E-state index in [-0.39, 0.29) is 0 Å². The number of pyridine rings is 1. The highest BCUT2D eigenvalue weighted by Gasteiger charge is 2.12. The van der Waals surface area contributed by atoms with Gasteiger partial charge in [-0.25, -0.2) is 4.98 Å². The Morgan fingerprint density at radius 3 is 2.85 bits per heavy atom. The first-order chi connectivity index (χ1) is 9.67. The first kappa shape index (κ1) is 15.6. The van der Waals surface area contributed by atoms with Crippen LogP contribution in [0.2, 0.25) is 0 Å². The molecular formula is C15H20BrN3S. The Kier molecular flexibility index (Phi) is 6.13. The van der Waals surface area contributed by atoms with E-state index >= 15 is 0 Å². The Morgan fingerprint density at radius 2 is 2.20 bits per heavy atom. The lowest BCUT2D eigenvalue weighted by molar-refractivity contribution is 0.503. The predicted molar refractivity (Wildman–Crippen MR) is 88.3 cm³/mol. The molecular weight excluding hydrogens is 334 g/mol. The van der Waals surface area contributed by atoms with E-state index in [2.05, 4.69) is 49.6 Å². The third-order valence-electron chi connectivity index (χ3n) is 3.01. The van der Waals surface area contributed by atoms with Gasteiger partial charge in [0.05, 0.1) is 5.01 Å². The zero-order valence-corrected chi connectivity index (χ0v) is 14.3. The number of rotatable bonds is 7. The molecule has 1 unspecified atom stereocenters. The molecule has 2 aromatic heterocycles. The monoisotopic (exact) mass is 353 g/mol. The van der Waals surface area contributed by atoms with Crippen molar-refractivity contribution in [3.63, 3.8) is 0 Å². The van der Waals surface area contributed by atoms with Crippen molar-refractivity contribution in [2.24, 2.45) is 0 Å². The van der Waals surface area contributed by atoms with Crippen LogP contribution in [0.15, 0.2) is 28.3 Å². The number of thiazole rings is 1. The minimum absolute atomic E-state index is 0.414. The van der Waals surface area contributed by atoms with Crippen LogP contribution in [-0.2, 0) is 12.8 Å². The smallest absolute Gasteiger partial charge is 0.0943 e. The molecule has 0 aliphatic rings. The maximum absolute atomic E-state index is 4.57. The standard InChI is InChI=1S/C15H20BrN3S/c1-3-4-18-14(7-15-19-11(2)10-20-15)6-12-5-13(16)9-17-8-12/h5,8-10,14,18H,3-4,6-7H2,1-2H3. The van der Waals surface area contributed by atoms with Crippen LogP contribution in [0.5, 0.6) is 0 Å². The molecule has 0 saturated carbocycles. The molecule has 0 radical (unpaired) electrons. The highest BCUT2D eigenvalue weighted by atomic mass is 79.9. The van der Waals surface area contributed by atoms with E-state index in [0.29, 0.717) is 6.04 Å². The number of nitrogens with one attached hydrogen (secondary N) is 1. The van der Waals surface area contributed by atoms with E-state index in [0.717, 1.165) is 36.0 Å². The van der Waals surface area contributed by atoms with Crippen LogP contribution in [0.25, 0.3) is 0 Å². The Morgan fingerprint density at radius 1 is 1.35 bits per heavy atom. The van der Waals surface area contributed by atoms with Gasteiger partial charge in [0.15, 0.2) is 0 Å². The fraction of sp³-hybridized carbons (Fsp3) is 0.467. The van der Waals surface area contributed by atoms with Gasteiger partial charge in [-0.1, -0.05) is 6.92 Å². The predicted octanol–water partition coefficient (Wildman–Crippen LogP) is 3.76. The van der Waals surface area contributed by atoms with Crippen LogP contribution in [0, 0.1) is 6.92 Å². The number of hydrogen-bond acceptors (Lipinski definition) is 4. The molecule has 2 rings (SSSR count). The van der Waals surface area contributed by atoms with Crippen molar-refractivity contribution in [2.45, 2.75) is 39.2 Å². The van der Waals surface area contributed by atoms with Crippen molar-refractivity contribution >= 4 is 27.3 Å². The van der Waals surface area contributed by atoms with Crippen LogP contribution in [0.1, 0.15) is 29.6 Å². The molecule has 0 saturated heterocycles. The van der Waals surface area contributed by atoms with Gasteiger partial charge in [0.25, 0.3) is 0 Å². The van der Waals surface area contributed by atoms with Gasteiger partial charge in [0.2, 0.25) is 0 Å². The average molecular weight is 354 g/mol. The van der Waals surface area contributed by atoms with Crippen molar-refractivity contribution in [1.82, 2.24) is 15.3 Å². The number of halogens is 1. The molecule has 0 bridgehead atoms. The van der Waals surface area contributed by atoms with Crippen molar-refractivity contribution < 1.29 is 0 Å². The van der Waals surface area contributed by atoms with Crippen LogP contribution >= 0.6 is 27.3 Å². The van der Waals surface area contributed by atoms with E-state index < -0.39 is 0 Å². The van der Waals surface area contributed by atoms with Gasteiger partial charge in [-0.3, -0.25) is 4.98 Å². The Hall–Kier alpha value is -0.780. The van der Waals surface area contributed by atoms with E-state index in [9.17, 15) is 0 Å². The fourth-order valence-corrected chi connectivity index (χ4v) is 3.39. The minimum atomic E-state index is 0.414. The number of aromatic nitrogens is 2. The molecule has 0 spiro atoms. The van der Waals surface area contributed by atoms with Gasteiger partial charge >= 0.3 is 0 Å². The second-order valence-electron chi connectivity index (χ2n) is 4.95. The second kappa shape index (κ2) is 7.86. The summed E-state index contributed by atoms with van der Waals surface area (Å²) in [6.45, 7) is 5.28. The largest absolute Gasteiger partial charge is 0.313 e. The highest BCUT2D eigenvalue weighted by molar-refractivity contribution is 9.10. The SMILES string of the molecule is CCCNC(Cc1cncc(Br)c1)Cc1nc(C)cs1. The van der Waals surface area contributed by atoms with E-state index in [4.69, 9.17) is 0 Å². The van der Waals surface area contributed by atoms with Gasteiger partial charge < -0.3 is 5.32 Å². The minimum Gasteiger partial charge on any atom is -0.313 e. The lowest BCUT2D eigenvalue weighted by Gasteiger charge is -2.17. The lowest BCUT2D eigenvalue weighted by atomic mass is 10.0. The summed E-state index contributed by atoms with van der Waals surface area (Å²) in [6.07, 6.45) is 6.86. The summed E-state index contributed by atoms with van der Waals surface area (Å²) in [5.74, 6) is 0. The van der Waals surface area contributed by atoms with Crippen molar-refractivity contribution in [1.29, 1.82) is 0 Å². The van der Waals surface area contributed by atoms with Crippen molar-refractivity contribution in [3.8, 4) is 0 Å². The second-order valence-corrected chi connectivity index (χ2v) is 6.81. The number of aryl methyl sites for hydroxylation is 1. The van der Waals surface area contributed by atoms with Crippen LogP contribution in [0.3, 0.4) is 0 Å². The van der Waals surface area contributed by atoms with E-state index in [1.54, 1.807) is 11.3 Å². The summed E-state index contributed by atoms with van der Waals surface area (Å²) >= 11 is 5.23. The molecule has 0 aliphatic carbocycles. The normalized spacial score (nSPS) is 12.6. The summed E-state index contributed by atoms with van der Waals surface area (Å²) in [5, 5.41) is 6.94. The molecule has 1 atom stereocenters. The summed E-state index contributed by atoms with van der Waals surface area (Å²) < 4.78 is 1.04. The van der Waals surface area contributed by atoms with Crippen molar-refractivity contribution in [2.75, 3.05) is 6.54 Å². The van der Waals surface area contributed by atoms with Gasteiger partial charge in [-0.15, -0.1) is 11.3 Å². The summed E-state index contributed by atoms with van der Waals surface area (Å²) in [4.78, 5) is 8.81. The topological polar surface area (TPSA) is 37.8 Å². The Bertz CT molecular complexity index is 541. The van der Waals surface area contributed by atoms with Crippen molar-refractivity contribution in [3.05, 3.63) is 44.6 Å². The lowest BCUT2D eigenvalue weighted by Crippen LogP contribution is -2.33. The molecule has 20 heavy (non-hydrogen) atoms. The van der Waals surface area contributed by atoms with E-state index in [1.165, 1.54) is 10.6 Å². The van der Waals surface area contributed by atoms with E-state index in [1.807, 2.05) is 19.3 Å². The Labute approximate surface area is 133 Å². The molecule has 2 heterocycles. The molecule has 0 amide bonds. The quantitative estimate of drug-likeness (QED) is 0.823. The molecule has 0 aliphatic heterocycles. The Balaban J connectivity index is 2.02. The molecule has 0 fully saturated rings. The van der Waals surface area contributed by atoms with Crippen LogP contribution in [0.4, 0.5) is 0 Å². The molecule has 1 N–H and O–H groups in total. The van der Waals surface area contributed by atoms with Gasteiger partial charge in [0, 0.05) is 40.4 Å². The van der Waals surface area contributed by atoms with Gasteiger partial charge in [0.1, 0.15) is 0 Å². The van der Waals surface area contributed by atoms with Gasteiger partial charge in [-0.05, 0) is 53.9 Å². The maximum atomic E-state index is 4.57. The number of hydrogen-bond donors (Lipinski definition) is 1. The van der Waals surface area contributed by atoms with Gasteiger partial charge in [-0.2, -0.15) is 0 Å². The zero-order chi connectivity index (χ0) is 14.4. The molecule has 3 nitrogen and oxygen atoms in total. The van der Waals surface area contributed by atoms with Crippen LogP contribution in [-0.4, -0.2) is 22.6 Å². The first-order valence-electron chi connectivity index (χ1n) is 6.91. The molecule has 108 valence electrons. The molecule has 5 heteroatoms. The third kappa shape index (κ3) is 4.96. The fourth-order valence-electron chi connectivity index (χ4n) is 2.12. The number of nitrogens with zero attached hydrogens (tertiary/aromatic N) is 2. The third-order valence-corrected chi connectivity index (χ3v) is 4.44. The molecule has 0 aromatic carbocycles.